The summed E-state index contributed by atoms with van der Waals surface area (Å²) in [5.41, 5.74) is 7.03. The first kappa shape index (κ1) is 15.3. The van der Waals surface area contributed by atoms with Crippen LogP contribution in [0.5, 0.6) is 0 Å². The topological polar surface area (TPSA) is 29.1 Å². The Hall–Kier alpha value is -1.61. The van der Waals surface area contributed by atoms with Gasteiger partial charge in [0, 0.05) is 16.1 Å². The standard InChI is InChI=1S/C19H20BrNO/c1-11-6-12(2)18(13(3)7-11)21-19(22)16-8-14-4-5-17(20)10-15(14)9-16/h4-7,10,16H,8-9H2,1-3H3,(H,21,22). The van der Waals surface area contributed by atoms with E-state index in [-0.39, 0.29) is 11.8 Å². The SMILES string of the molecule is Cc1cc(C)c(NC(=O)C2Cc3ccc(Br)cc3C2)c(C)c1. The van der Waals surface area contributed by atoms with Crippen LogP contribution < -0.4 is 5.32 Å². The zero-order valence-electron chi connectivity index (χ0n) is 13.2. The smallest absolute Gasteiger partial charge is 0.228 e. The van der Waals surface area contributed by atoms with E-state index in [1.807, 2.05) is 6.07 Å². The lowest BCUT2D eigenvalue weighted by molar-refractivity contribution is -0.119. The average Bonchev–Trinajstić information content (AvgIpc) is 2.85. The van der Waals surface area contributed by atoms with E-state index in [1.165, 1.54) is 16.7 Å². The van der Waals surface area contributed by atoms with Gasteiger partial charge >= 0.3 is 0 Å². The Balaban J connectivity index is 1.77. The molecule has 1 aliphatic rings. The van der Waals surface area contributed by atoms with E-state index in [4.69, 9.17) is 0 Å². The van der Waals surface area contributed by atoms with Crippen LogP contribution in [-0.2, 0) is 17.6 Å². The maximum absolute atomic E-state index is 12.6. The Morgan fingerprint density at radius 1 is 1.05 bits per heavy atom. The molecule has 0 radical (unpaired) electrons. The first-order valence-corrected chi connectivity index (χ1v) is 8.39. The average molecular weight is 358 g/mol. The number of carbonyl (C=O) groups is 1. The number of hydrogen-bond acceptors (Lipinski definition) is 1. The summed E-state index contributed by atoms with van der Waals surface area (Å²) in [5.74, 6) is 0.159. The van der Waals surface area contributed by atoms with Crippen molar-refractivity contribution in [1.82, 2.24) is 0 Å². The molecule has 0 aliphatic heterocycles. The first-order chi connectivity index (χ1) is 10.4. The molecular formula is C19H20BrNO. The number of nitrogens with one attached hydrogen (secondary N) is 1. The van der Waals surface area contributed by atoms with Crippen LogP contribution in [0.3, 0.4) is 0 Å². The molecule has 0 spiro atoms. The van der Waals surface area contributed by atoms with Crippen molar-refractivity contribution in [2.45, 2.75) is 33.6 Å². The lowest BCUT2D eigenvalue weighted by atomic mass is 10.0. The second-order valence-electron chi connectivity index (χ2n) is 6.28. The minimum Gasteiger partial charge on any atom is -0.325 e. The molecule has 0 saturated heterocycles. The number of hydrogen-bond donors (Lipinski definition) is 1. The van der Waals surface area contributed by atoms with Crippen LogP contribution in [0.2, 0.25) is 0 Å². The maximum Gasteiger partial charge on any atom is 0.228 e. The second-order valence-corrected chi connectivity index (χ2v) is 7.20. The fraction of sp³-hybridized carbons (Fsp3) is 0.316. The van der Waals surface area contributed by atoms with Gasteiger partial charge in [-0.2, -0.15) is 0 Å². The van der Waals surface area contributed by atoms with Gasteiger partial charge in [0.2, 0.25) is 5.91 Å². The van der Waals surface area contributed by atoms with E-state index in [2.05, 4.69) is 66.3 Å². The van der Waals surface area contributed by atoms with Gasteiger partial charge in [0.25, 0.3) is 0 Å². The van der Waals surface area contributed by atoms with Gasteiger partial charge in [0.05, 0.1) is 0 Å². The summed E-state index contributed by atoms with van der Waals surface area (Å²) in [6.07, 6.45) is 1.66. The highest BCUT2D eigenvalue weighted by atomic mass is 79.9. The van der Waals surface area contributed by atoms with E-state index in [0.717, 1.165) is 34.1 Å². The number of carbonyl (C=O) groups excluding carboxylic acids is 1. The van der Waals surface area contributed by atoms with Crippen LogP contribution in [-0.4, -0.2) is 5.91 Å². The number of fused-ring (bicyclic) bond motifs is 1. The summed E-state index contributed by atoms with van der Waals surface area (Å²) in [4.78, 5) is 12.6. The van der Waals surface area contributed by atoms with Crippen molar-refractivity contribution in [2.75, 3.05) is 5.32 Å². The van der Waals surface area contributed by atoms with Crippen molar-refractivity contribution in [3.8, 4) is 0 Å². The number of halogens is 1. The Labute approximate surface area is 140 Å². The fourth-order valence-corrected chi connectivity index (χ4v) is 3.78. The molecule has 0 aromatic heterocycles. The summed E-state index contributed by atoms with van der Waals surface area (Å²) in [7, 11) is 0. The number of benzene rings is 2. The van der Waals surface area contributed by atoms with Gasteiger partial charge < -0.3 is 5.32 Å². The molecule has 22 heavy (non-hydrogen) atoms. The van der Waals surface area contributed by atoms with Gasteiger partial charge in [0.1, 0.15) is 0 Å². The molecule has 3 heteroatoms. The van der Waals surface area contributed by atoms with Gasteiger partial charge in [-0.15, -0.1) is 0 Å². The van der Waals surface area contributed by atoms with E-state index in [0.29, 0.717) is 0 Å². The van der Waals surface area contributed by atoms with Gasteiger partial charge in [-0.1, -0.05) is 39.7 Å². The zero-order chi connectivity index (χ0) is 15.9. The van der Waals surface area contributed by atoms with Crippen LogP contribution >= 0.6 is 15.9 Å². The molecular weight excluding hydrogens is 338 g/mol. The molecule has 1 aliphatic carbocycles. The van der Waals surface area contributed by atoms with Crippen molar-refractivity contribution in [3.63, 3.8) is 0 Å². The Morgan fingerprint density at radius 3 is 2.36 bits per heavy atom. The second kappa shape index (κ2) is 5.88. The number of rotatable bonds is 2. The highest BCUT2D eigenvalue weighted by Gasteiger charge is 2.28. The van der Waals surface area contributed by atoms with Gasteiger partial charge in [-0.25, -0.2) is 0 Å². The zero-order valence-corrected chi connectivity index (χ0v) is 14.8. The third kappa shape index (κ3) is 2.95. The van der Waals surface area contributed by atoms with Crippen molar-refractivity contribution in [3.05, 3.63) is 62.6 Å². The Kier molecular flexibility index (Phi) is 4.09. The van der Waals surface area contributed by atoms with Gasteiger partial charge in [0.15, 0.2) is 0 Å². The van der Waals surface area contributed by atoms with Gasteiger partial charge in [-0.3, -0.25) is 4.79 Å². The third-order valence-corrected chi connectivity index (χ3v) is 4.89. The highest BCUT2D eigenvalue weighted by Crippen LogP contribution is 2.31. The summed E-state index contributed by atoms with van der Waals surface area (Å²) < 4.78 is 1.08. The molecule has 1 atom stereocenters. The molecule has 2 nitrogen and oxygen atoms in total. The lowest BCUT2D eigenvalue weighted by Gasteiger charge is -2.15. The van der Waals surface area contributed by atoms with Crippen LogP contribution in [0.25, 0.3) is 0 Å². The fourth-order valence-electron chi connectivity index (χ4n) is 3.37. The molecule has 0 fully saturated rings. The molecule has 1 amide bonds. The Morgan fingerprint density at radius 2 is 1.68 bits per heavy atom. The van der Waals surface area contributed by atoms with Crippen LogP contribution in [0.4, 0.5) is 5.69 Å². The molecule has 114 valence electrons. The van der Waals surface area contributed by atoms with E-state index < -0.39 is 0 Å². The number of amides is 1. The first-order valence-electron chi connectivity index (χ1n) is 7.60. The van der Waals surface area contributed by atoms with Gasteiger partial charge in [-0.05, 0) is 68.0 Å². The summed E-state index contributed by atoms with van der Waals surface area (Å²) >= 11 is 3.50. The highest BCUT2D eigenvalue weighted by molar-refractivity contribution is 9.10. The molecule has 2 aromatic carbocycles. The molecule has 0 heterocycles. The molecule has 3 rings (SSSR count). The molecule has 2 aromatic rings. The van der Waals surface area contributed by atoms with Crippen molar-refractivity contribution in [1.29, 1.82) is 0 Å². The number of aryl methyl sites for hydroxylation is 3. The third-order valence-electron chi connectivity index (χ3n) is 4.40. The minimum absolute atomic E-state index is 0.0319. The molecule has 0 saturated carbocycles. The molecule has 1 N–H and O–H groups in total. The summed E-state index contributed by atoms with van der Waals surface area (Å²) in [5, 5.41) is 3.15. The summed E-state index contributed by atoms with van der Waals surface area (Å²) in [6, 6.07) is 10.5. The van der Waals surface area contributed by atoms with E-state index in [9.17, 15) is 4.79 Å². The van der Waals surface area contributed by atoms with E-state index in [1.54, 1.807) is 0 Å². The summed E-state index contributed by atoms with van der Waals surface area (Å²) in [6.45, 7) is 6.18. The monoisotopic (exact) mass is 357 g/mol. The lowest BCUT2D eigenvalue weighted by Crippen LogP contribution is -2.24. The minimum atomic E-state index is 0.0319. The van der Waals surface area contributed by atoms with Crippen molar-refractivity contribution in [2.24, 2.45) is 5.92 Å². The van der Waals surface area contributed by atoms with Crippen LogP contribution in [0, 0.1) is 26.7 Å². The number of anilines is 1. The van der Waals surface area contributed by atoms with Crippen LogP contribution in [0.1, 0.15) is 27.8 Å². The van der Waals surface area contributed by atoms with Crippen LogP contribution in [0.15, 0.2) is 34.8 Å². The quantitative estimate of drug-likeness (QED) is 0.826. The van der Waals surface area contributed by atoms with Crippen molar-refractivity contribution >= 4 is 27.5 Å². The maximum atomic E-state index is 12.6. The van der Waals surface area contributed by atoms with E-state index >= 15 is 0 Å². The predicted octanol–water partition coefficient (Wildman–Crippen LogP) is 4.73. The van der Waals surface area contributed by atoms with Crippen molar-refractivity contribution < 1.29 is 4.79 Å². The molecule has 0 bridgehead atoms. The molecule has 1 unspecified atom stereocenters. The Bertz CT molecular complexity index is 728. The largest absolute Gasteiger partial charge is 0.325 e. The predicted molar refractivity (Wildman–Crippen MR) is 94.3 cm³/mol. The normalized spacial score (nSPS) is 16.5.